The summed E-state index contributed by atoms with van der Waals surface area (Å²) in [6.07, 6.45) is 11.2. The van der Waals surface area contributed by atoms with E-state index in [4.69, 9.17) is 14.6 Å². The van der Waals surface area contributed by atoms with Crippen LogP contribution in [0.4, 0.5) is 0 Å². The number of hydrogen-bond donors (Lipinski definition) is 2. The molecule has 10 heteroatoms. The summed E-state index contributed by atoms with van der Waals surface area (Å²) in [5.41, 5.74) is 0. The van der Waals surface area contributed by atoms with Crippen LogP contribution in [0.1, 0.15) is 111 Å². The summed E-state index contributed by atoms with van der Waals surface area (Å²) in [5, 5.41) is 6.44. The third-order valence-electron chi connectivity index (χ3n) is 6.51. The number of hydrogen-bond acceptors (Lipinski definition) is 7. The van der Waals surface area contributed by atoms with Crippen molar-refractivity contribution < 1.29 is 41.6 Å². The van der Waals surface area contributed by atoms with Crippen molar-refractivity contribution in [3.63, 3.8) is 0 Å². The fourth-order valence-corrected chi connectivity index (χ4v) is 4.79. The second kappa shape index (κ2) is 23.5. The molecule has 234 valence electrons. The van der Waals surface area contributed by atoms with Crippen LogP contribution in [0.5, 0.6) is 0 Å². The molecule has 3 atom stereocenters. The zero-order valence-electron chi connectivity index (χ0n) is 26.0. The highest BCUT2D eigenvalue weighted by molar-refractivity contribution is 7.87. The van der Waals surface area contributed by atoms with Gasteiger partial charge in [0.2, 0.25) is 0 Å². The van der Waals surface area contributed by atoms with Gasteiger partial charge in [0, 0.05) is 0 Å². The molecule has 0 aromatic heterocycles. The van der Waals surface area contributed by atoms with Crippen LogP contribution in [0.25, 0.3) is 0 Å². The van der Waals surface area contributed by atoms with Crippen LogP contribution >= 0.6 is 0 Å². The minimum Gasteiger partial charge on any atom is -0.465 e. The van der Waals surface area contributed by atoms with Crippen molar-refractivity contribution in [2.24, 2.45) is 11.8 Å². The third kappa shape index (κ3) is 24.3. The summed E-state index contributed by atoms with van der Waals surface area (Å²) in [5.74, 6) is -1.55. The predicted octanol–water partition coefficient (Wildman–Crippen LogP) is 5.40. The van der Waals surface area contributed by atoms with Gasteiger partial charge in [-0.25, -0.2) is 0 Å². The molecule has 0 aromatic carbocycles. The van der Waals surface area contributed by atoms with Crippen LogP contribution in [0, 0.1) is 11.8 Å². The van der Waals surface area contributed by atoms with Gasteiger partial charge >= 0.3 is 11.9 Å². The zero-order valence-corrected chi connectivity index (χ0v) is 26.8. The molecule has 0 aromatic rings. The lowest BCUT2D eigenvalue weighted by molar-refractivity contribution is -0.870. The molecule has 0 amide bonds. The Balaban J connectivity index is 0. The second-order valence-corrected chi connectivity index (χ2v) is 13.2. The standard InChI is InChI=1S/C24H46O7S.C5H14NO/c1-5-9-11-15-20(13-7-3)18-30-23(25)17-22(32(27,28)29)24(26)31-19-21(14-8-4)16-12-10-6-2;1-6(2,3)4-5-7/h20-22H,5-19H2,1-4H3,(H,27,28,29);7H,4-5H2,1-3H3/q;+1. The fraction of sp³-hybridized carbons (Fsp3) is 0.931. The average molecular weight is 583 g/mol. The Morgan fingerprint density at radius 2 is 1.21 bits per heavy atom. The molecule has 9 nitrogen and oxygen atoms in total. The number of ether oxygens (including phenoxy) is 2. The molecule has 39 heavy (non-hydrogen) atoms. The monoisotopic (exact) mass is 582 g/mol. The predicted molar refractivity (Wildman–Crippen MR) is 157 cm³/mol. The quantitative estimate of drug-likeness (QED) is 0.0752. The van der Waals surface area contributed by atoms with Crippen molar-refractivity contribution in [2.45, 2.75) is 116 Å². The normalized spacial score (nSPS) is 14.1. The summed E-state index contributed by atoms with van der Waals surface area (Å²) in [6.45, 7) is 9.74. The van der Waals surface area contributed by atoms with Gasteiger partial charge in [-0.05, 0) is 37.5 Å². The minimum absolute atomic E-state index is 0.0907. The first kappa shape index (κ1) is 39.9. The fourth-order valence-electron chi connectivity index (χ4n) is 4.13. The van der Waals surface area contributed by atoms with Gasteiger partial charge < -0.3 is 19.1 Å². The van der Waals surface area contributed by atoms with Gasteiger partial charge in [0.15, 0.2) is 5.25 Å². The average Bonchev–Trinajstić information content (AvgIpc) is 2.83. The van der Waals surface area contributed by atoms with E-state index in [-0.39, 0.29) is 31.7 Å². The second-order valence-electron chi connectivity index (χ2n) is 11.6. The summed E-state index contributed by atoms with van der Waals surface area (Å²) in [6, 6.07) is 0. The number of rotatable bonds is 22. The van der Waals surface area contributed by atoms with E-state index in [0.717, 1.165) is 88.1 Å². The number of carbonyl (C=O) groups is 2. The largest absolute Gasteiger partial charge is 0.465 e. The van der Waals surface area contributed by atoms with Gasteiger partial charge in [0.25, 0.3) is 10.1 Å². The van der Waals surface area contributed by atoms with Gasteiger partial charge in [-0.2, -0.15) is 8.42 Å². The van der Waals surface area contributed by atoms with Crippen molar-refractivity contribution in [1.82, 2.24) is 0 Å². The Morgan fingerprint density at radius 3 is 1.54 bits per heavy atom. The van der Waals surface area contributed by atoms with E-state index in [0.29, 0.717) is 0 Å². The van der Waals surface area contributed by atoms with E-state index in [1.165, 1.54) is 0 Å². The molecule has 0 bridgehead atoms. The minimum atomic E-state index is -4.78. The number of nitrogens with zero attached hydrogens (tertiary/aromatic N) is 1. The molecule has 0 rings (SSSR count). The Kier molecular flexibility index (Phi) is 24.0. The summed E-state index contributed by atoms with van der Waals surface area (Å²) >= 11 is 0. The van der Waals surface area contributed by atoms with E-state index >= 15 is 0 Å². The Hall–Kier alpha value is -1.23. The van der Waals surface area contributed by atoms with Crippen LogP contribution in [0.2, 0.25) is 0 Å². The highest BCUT2D eigenvalue weighted by Gasteiger charge is 2.36. The van der Waals surface area contributed by atoms with Crippen LogP contribution in [-0.2, 0) is 29.2 Å². The first-order chi connectivity index (χ1) is 18.2. The van der Waals surface area contributed by atoms with Gasteiger partial charge in [-0.3, -0.25) is 14.1 Å². The molecule has 0 saturated carbocycles. The number of unbranched alkanes of at least 4 members (excludes halogenated alkanes) is 4. The molecular formula is C29H60NO8S+. The maximum Gasteiger partial charge on any atom is 0.327 e. The van der Waals surface area contributed by atoms with E-state index < -0.39 is 33.7 Å². The summed E-state index contributed by atoms with van der Waals surface area (Å²) < 4.78 is 44.3. The SMILES string of the molecule is CCCCCC(CCC)COC(=O)CC(C(=O)OCC(CCC)CCCCC)S(=O)(=O)O.C[N+](C)(C)CCO. The topological polar surface area (TPSA) is 127 Å². The van der Waals surface area contributed by atoms with Crippen molar-refractivity contribution in [1.29, 1.82) is 0 Å². The van der Waals surface area contributed by atoms with Crippen molar-refractivity contribution in [3.8, 4) is 0 Å². The maximum absolute atomic E-state index is 12.4. The molecule has 0 aliphatic carbocycles. The Bertz CT molecular complexity index is 721. The molecule has 0 heterocycles. The molecule has 2 N–H and O–H groups in total. The first-order valence-corrected chi connectivity index (χ1v) is 16.5. The van der Waals surface area contributed by atoms with Crippen molar-refractivity contribution in [3.05, 3.63) is 0 Å². The summed E-state index contributed by atoms with van der Waals surface area (Å²) in [7, 11) is 1.37. The molecule has 0 saturated heterocycles. The van der Waals surface area contributed by atoms with Crippen molar-refractivity contribution >= 4 is 22.1 Å². The van der Waals surface area contributed by atoms with Crippen molar-refractivity contribution in [2.75, 3.05) is 47.5 Å². The Labute approximate surface area is 239 Å². The van der Waals surface area contributed by atoms with Gasteiger partial charge in [0.05, 0.1) is 47.4 Å². The van der Waals surface area contributed by atoms with Crippen LogP contribution < -0.4 is 0 Å². The molecule has 0 fully saturated rings. The number of carbonyl (C=O) groups excluding carboxylic acids is 2. The number of likely N-dealkylation sites (N-methyl/N-ethyl adjacent to an activating group) is 1. The van der Waals surface area contributed by atoms with Crippen LogP contribution in [-0.4, -0.2) is 87.3 Å². The van der Waals surface area contributed by atoms with Gasteiger partial charge in [-0.15, -0.1) is 0 Å². The van der Waals surface area contributed by atoms with E-state index in [1.54, 1.807) is 0 Å². The van der Waals surface area contributed by atoms with Gasteiger partial charge in [0.1, 0.15) is 6.54 Å². The molecule has 0 aliphatic heterocycles. The zero-order chi connectivity index (χ0) is 30.3. The molecular weight excluding hydrogens is 522 g/mol. The number of esters is 2. The van der Waals surface area contributed by atoms with Crippen LogP contribution in [0.15, 0.2) is 0 Å². The number of aliphatic hydroxyl groups is 1. The Morgan fingerprint density at radius 1 is 0.744 bits per heavy atom. The highest BCUT2D eigenvalue weighted by Crippen LogP contribution is 2.19. The molecule has 3 unspecified atom stereocenters. The lowest BCUT2D eigenvalue weighted by Gasteiger charge is -2.21. The maximum atomic E-state index is 12.4. The van der Waals surface area contributed by atoms with E-state index in [2.05, 4.69) is 41.9 Å². The van der Waals surface area contributed by atoms with Crippen LogP contribution in [0.3, 0.4) is 0 Å². The molecule has 0 radical (unpaired) electrons. The number of aliphatic hydroxyl groups excluding tert-OH is 1. The lowest BCUT2D eigenvalue weighted by Crippen LogP contribution is -2.36. The molecule has 0 aliphatic rings. The van der Waals surface area contributed by atoms with E-state index in [9.17, 15) is 22.6 Å². The third-order valence-corrected chi connectivity index (χ3v) is 7.59. The van der Waals surface area contributed by atoms with Gasteiger partial charge in [-0.1, -0.05) is 79.1 Å². The lowest BCUT2D eigenvalue weighted by atomic mass is 9.97. The van der Waals surface area contributed by atoms with E-state index in [1.807, 2.05) is 6.92 Å². The highest BCUT2D eigenvalue weighted by atomic mass is 32.2. The summed E-state index contributed by atoms with van der Waals surface area (Å²) in [4.78, 5) is 24.7. The first-order valence-electron chi connectivity index (χ1n) is 14.9. The molecule has 0 spiro atoms. The smallest absolute Gasteiger partial charge is 0.327 e. The number of quaternary nitrogens is 1.